The summed E-state index contributed by atoms with van der Waals surface area (Å²) in [7, 11) is 0. The average Bonchev–Trinajstić information content (AvgIpc) is 3.15. The second kappa shape index (κ2) is 7.22. The molecular formula is C19H23N7O. The van der Waals surface area contributed by atoms with Crippen molar-refractivity contribution in [3.8, 4) is 0 Å². The van der Waals surface area contributed by atoms with Crippen molar-refractivity contribution in [1.82, 2.24) is 24.5 Å². The number of benzene rings is 1. The Morgan fingerprint density at radius 1 is 1.19 bits per heavy atom. The first-order chi connectivity index (χ1) is 13.1. The number of hydrogen-bond acceptors (Lipinski definition) is 6. The molecule has 0 atom stereocenters. The lowest BCUT2D eigenvalue weighted by molar-refractivity contribution is -0.131. The third-order valence-electron chi connectivity index (χ3n) is 4.98. The van der Waals surface area contributed by atoms with Gasteiger partial charge in [0.2, 0.25) is 5.91 Å². The summed E-state index contributed by atoms with van der Waals surface area (Å²) in [6.07, 6.45) is 2.67. The number of anilines is 2. The fraction of sp³-hybridized carbons (Fsp3) is 0.368. The van der Waals surface area contributed by atoms with Gasteiger partial charge in [0.25, 0.3) is 5.78 Å². The maximum absolute atomic E-state index is 12.6. The van der Waals surface area contributed by atoms with Crippen LogP contribution >= 0.6 is 0 Å². The molecular weight excluding hydrogens is 342 g/mol. The van der Waals surface area contributed by atoms with Crippen LogP contribution in [0.5, 0.6) is 0 Å². The third-order valence-corrected chi connectivity index (χ3v) is 4.98. The molecule has 0 unspecified atom stereocenters. The van der Waals surface area contributed by atoms with E-state index in [0.29, 0.717) is 31.7 Å². The molecule has 0 bridgehead atoms. The topological polar surface area (TPSA) is 92.7 Å². The first kappa shape index (κ1) is 17.3. The van der Waals surface area contributed by atoms with Crippen LogP contribution in [0.15, 0.2) is 36.7 Å². The normalized spacial score (nSPS) is 14.7. The lowest BCUT2D eigenvalue weighted by Gasteiger charge is -2.36. The number of aryl methyl sites for hydroxylation is 2. The zero-order valence-corrected chi connectivity index (χ0v) is 15.4. The van der Waals surface area contributed by atoms with Gasteiger partial charge in [-0.1, -0.05) is 18.2 Å². The van der Waals surface area contributed by atoms with Gasteiger partial charge in [-0.2, -0.15) is 14.6 Å². The largest absolute Gasteiger partial charge is 0.399 e. The van der Waals surface area contributed by atoms with Crippen LogP contribution in [0, 0.1) is 6.92 Å². The molecule has 3 heterocycles. The SMILES string of the molecule is Cc1cc(N2CCN(C(=O)CCc3ccccc3N)CC2)n2ncnc2n1. The third kappa shape index (κ3) is 3.55. The number of fused-ring (bicyclic) bond motifs is 1. The van der Waals surface area contributed by atoms with Crippen molar-refractivity contribution in [2.45, 2.75) is 19.8 Å². The van der Waals surface area contributed by atoms with Crippen molar-refractivity contribution in [3.05, 3.63) is 47.9 Å². The zero-order valence-electron chi connectivity index (χ0n) is 15.4. The number of carbonyl (C=O) groups is 1. The molecule has 3 aromatic rings. The highest BCUT2D eigenvalue weighted by molar-refractivity contribution is 5.77. The van der Waals surface area contributed by atoms with Gasteiger partial charge >= 0.3 is 0 Å². The van der Waals surface area contributed by atoms with E-state index in [0.717, 1.165) is 35.9 Å². The highest BCUT2D eigenvalue weighted by Gasteiger charge is 2.23. The quantitative estimate of drug-likeness (QED) is 0.701. The lowest BCUT2D eigenvalue weighted by atomic mass is 10.1. The average molecular weight is 365 g/mol. The number of nitrogens with two attached hydrogens (primary N) is 1. The Labute approximate surface area is 157 Å². The minimum absolute atomic E-state index is 0.176. The molecule has 2 aromatic heterocycles. The van der Waals surface area contributed by atoms with Gasteiger partial charge in [0.05, 0.1) is 0 Å². The Balaban J connectivity index is 1.38. The number of para-hydroxylation sites is 1. The molecule has 1 aliphatic rings. The zero-order chi connectivity index (χ0) is 18.8. The highest BCUT2D eigenvalue weighted by Crippen LogP contribution is 2.19. The minimum atomic E-state index is 0.176. The van der Waals surface area contributed by atoms with Crippen LogP contribution in [0.2, 0.25) is 0 Å². The van der Waals surface area contributed by atoms with Gasteiger partial charge < -0.3 is 15.5 Å². The summed E-state index contributed by atoms with van der Waals surface area (Å²) < 4.78 is 1.75. The lowest BCUT2D eigenvalue weighted by Crippen LogP contribution is -2.49. The Morgan fingerprint density at radius 3 is 2.74 bits per heavy atom. The molecule has 4 rings (SSSR count). The number of nitrogens with zero attached hydrogens (tertiary/aromatic N) is 6. The predicted octanol–water partition coefficient (Wildman–Crippen LogP) is 1.30. The van der Waals surface area contributed by atoms with Crippen LogP contribution in [0.4, 0.5) is 11.5 Å². The standard InChI is InChI=1S/C19H23N7O/c1-14-12-17(26-19(23-14)21-13-22-26)24-8-10-25(11-9-24)18(27)7-6-15-4-2-3-5-16(15)20/h2-5,12-13H,6-11,20H2,1H3. The molecule has 1 saturated heterocycles. The molecule has 0 radical (unpaired) electrons. The Morgan fingerprint density at radius 2 is 1.96 bits per heavy atom. The molecule has 2 N–H and O–H groups in total. The van der Waals surface area contributed by atoms with Crippen LogP contribution in [-0.4, -0.2) is 56.6 Å². The smallest absolute Gasteiger partial charge is 0.254 e. The molecule has 1 aromatic carbocycles. The van der Waals surface area contributed by atoms with Crippen LogP contribution in [0.3, 0.4) is 0 Å². The molecule has 0 spiro atoms. The Kier molecular flexibility index (Phi) is 4.62. The first-order valence-corrected chi connectivity index (χ1v) is 9.15. The number of hydrogen-bond donors (Lipinski definition) is 1. The Hall–Kier alpha value is -3.16. The fourth-order valence-corrected chi connectivity index (χ4v) is 3.48. The van der Waals surface area contributed by atoms with Crippen molar-refractivity contribution in [1.29, 1.82) is 0 Å². The van der Waals surface area contributed by atoms with E-state index >= 15 is 0 Å². The predicted molar refractivity (Wildman–Crippen MR) is 103 cm³/mol. The minimum Gasteiger partial charge on any atom is -0.399 e. The van der Waals surface area contributed by atoms with Crippen LogP contribution in [0.25, 0.3) is 5.78 Å². The molecule has 0 saturated carbocycles. The van der Waals surface area contributed by atoms with Crippen molar-refractivity contribution in [2.24, 2.45) is 0 Å². The summed E-state index contributed by atoms with van der Waals surface area (Å²) in [6.45, 7) is 4.86. The van der Waals surface area contributed by atoms with Crippen LogP contribution < -0.4 is 10.6 Å². The number of piperazine rings is 1. The van der Waals surface area contributed by atoms with E-state index in [1.807, 2.05) is 42.2 Å². The van der Waals surface area contributed by atoms with Crippen LogP contribution in [0.1, 0.15) is 17.7 Å². The summed E-state index contributed by atoms with van der Waals surface area (Å²) in [6, 6.07) is 9.73. The van der Waals surface area contributed by atoms with Gasteiger partial charge in [-0.25, -0.2) is 4.98 Å². The van der Waals surface area contributed by atoms with E-state index in [1.165, 1.54) is 6.33 Å². The van der Waals surface area contributed by atoms with E-state index in [4.69, 9.17) is 5.73 Å². The van der Waals surface area contributed by atoms with Crippen LogP contribution in [-0.2, 0) is 11.2 Å². The number of nitrogen functional groups attached to an aromatic ring is 1. The number of rotatable bonds is 4. The number of aromatic nitrogens is 4. The summed E-state index contributed by atoms with van der Waals surface area (Å²) in [5.74, 6) is 1.75. The van der Waals surface area contributed by atoms with Gasteiger partial charge in [-0.3, -0.25) is 4.79 Å². The van der Waals surface area contributed by atoms with Gasteiger partial charge in [0.1, 0.15) is 12.1 Å². The monoisotopic (exact) mass is 365 g/mol. The van der Waals surface area contributed by atoms with Gasteiger partial charge in [0, 0.05) is 50.0 Å². The molecule has 8 heteroatoms. The molecule has 0 aliphatic carbocycles. The maximum atomic E-state index is 12.6. The first-order valence-electron chi connectivity index (χ1n) is 9.15. The molecule has 1 amide bonds. The second-order valence-electron chi connectivity index (χ2n) is 6.79. The Bertz CT molecular complexity index is 960. The number of carbonyl (C=O) groups excluding carboxylic acids is 1. The summed E-state index contributed by atoms with van der Waals surface area (Å²) in [5.41, 5.74) is 8.66. The summed E-state index contributed by atoms with van der Waals surface area (Å²) in [5, 5.41) is 4.27. The van der Waals surface area contributed by atoms with E-state index < -0.39 is 0 Å². The van der Waals surface area contributed by atoms with Gasteiger partial charge in [-0.15, -0.1) is 0 Å². The van der Waals surface area contributed by atoms with E-state index in [1.54, 1.807) is 4.52 Å². The van der Waals surface area contributed by atoms with E-state index in [2.05, 4.69) is 20.0 Å². The van der Waals surface area contributed by atoms with Crippen molar-refractivity contribution >= 4 is 23.2 Å². The molecule has 140 valence electrons. The number of amides is 1. The van der Waals surface area contributed by atoms with Crippen molar-refractivity contribution < 1.29 is 4.79 Å². The summed E-state index contributed by atoms with van der Waals surface area (Å²) >= 11 is 0. The van der Waals surface area contributed by atoms with Gasteiger partial charge in [0.15, 0.2) is 0 Å². The maximum Gasteiger partial charge on any atom is 0.254 e. The van der Waals surface area contributed by atoms with Gasteiger partial charge in [-0.05, 0) is 25.0 Å². The second-order valence-corrected chi connectivity index (χ2v) is 6.79. The molecule has 1 aliphatic heterocycles. The van der Waals surface area contributed by atoms with Crippen molar-refractivity contribution in [3.63, 3.8) is 0 Å². The highest BCUT2D eigenvalue weighted by atomic mass is 16.2. The molecule has 8 nitrogen and oxygen atoms in total. The van der Waals surface area contributed by atoms with E-state index in [9.17, 15) is 4.79 Å². The van der Waals surface area contributed by atoms with Crippen molar-refractivity contribution in [2.75, 3.05) is 36.8 Å². The molecule has 27 heavy (non-hydrogen) atoms. The van der Waals surface area contributed by atoms with E-state index in [-0.39, 0.29) is 5.91 Å². The summed E-state index contributed by atoms with van der Waals surface area (Å²) in [4.78, 5) is 25.3. The fourth-order valence-electron chi connectivity index (χ4n) is 3.48. The molecule has 1 fully saturated rings.